The average Bonchev–Trinajstić information content (AvgIpc) is 2.67. The van der Waals surface area contributed by atoms with Crippen molar-refractivity contribution in [3.8, 4) is 0 Å². The predicted molar refractivity (Wildman–Crippen MR) is 92.6 cm³/mol. The first-order valence-corrected chi connectivity index (χ1v) is 9.41. The van der Waals surface area contributed by atoms with Crippen LogP contribution in [0.25, 0.3) is 0 Å². The first kappa shape index (κ1) is 16.7. The van der Waals surface area contributed by atoms with Crippen LogP contribution < -0.4 is 10.5 Å². The van der Waals surface area contributed by atoms with Crippen LogP contribution in [0, 0.1) is 0 Å². The van der Waals surface area contributed by atoms with Crippen molar-refractivity contribution in [3.63, 3.8) is 0 Å². The average molecular weight is 392 g/mol. The Hall–Kier alpha value is -0.700. The van der Waals surface area contributed by atoms with E-state index in [-0.39, 0.29) is 4.99 Å². The number of rotatable bonds is 4. The molecular weight excluding hydrogens is 374 g/mol. The number of thiocarbonyl (C=S) groups is 1. The largest absolute Gasteiger partial charge is 0.389 e. The van der Waals surface area contributed by atoms with E-state index in [0.717, 1.165) is 30.2 Å². The molecule has 1 saturated heterocycles. The van der Waals surface area contributed by atoms with Crippen LogP contribution in [0.3, 0.4) is 0 Å². The van der Waals surface area contributed by atoms with Crippen LogP contribution in [0.4, 0.5) is 5.69 Å². The zero-order valence-corrected chi connectivity index (χ0v) is 14.7. The van der Waals surface area contributed by atoms with Gasteiger partial charge in [0.05, 0.1) is 5.69 Å². The third-order valence-corrected chi connectivity index (χ3v) is 5.63. The molecule has 8 heteroatoms. The highest BCUT2D eigenvalue weighted by Gasteiger charge is 2.24. The predicted octanol–water partition coefficient (Wildman–Crippen LogP) is 2.62. The molecule has 0 spiro atoms. The molecular formula is C13H18BrN3O2S2. The molecule has 1 heterocycles. The van der Waals surface area contributed by atoms with Gasteiger partial charge in [-0.25, -0.2) is 0 Å². The number of hydrogen-bond acceptors (Lipinski definition) is 3. The molecule has 0 aliphatic carbocycles. The molecule has 116 valence electrons. The number of nitrogens with one attached hydrogen (secondary N) is 1. The lowest BCUT2D eigenvalue weighted by Crippen LogP contribution is -2.37. The number of hydrogen-bond donors (Lipinski definition) is 2. The Balaban J connectivity index is 2.27. The maximum Gasteiger partial charge on any atom is 0.301 e. The van der Waals surface area contributed by atoms with E-state index in [1.165, 1.54) is 4.31 Å². The second-order valence-electron chi connectivity index (χ2n) is 4.97. The second-order valence-corrected chi connectivity index (χ2v) is 8.00. The molecule has 0 atom stereocenters. The summed E-state index contributed by atoms with van der Waals surface area (Å²) < 4.78 is 29.9. The van der Waals surface area contributed by atoms with Crippen molar-refractivity contribution >= 4 is 49.0 Å². The molecule has 0 saturated carbocycles. The minimum atomic E-state index is -3.59. The lowest BCUT2D eigenvalue weighted by atomic mass is 10.2. The summed E-state index contributed by atoms with van der Waals surface area (Å²) in [6, 6.07) is 5.15. The minimum Gasteiger partial charge on any atom is -0.389 e. The molecule has 21 heavy (non-hydrogen) atoms. The van der Waals surface area contributed by atoms with Crippen LogP contribution >= 0.6 is 28.1 Å². The Morgan fingerprint density at radius 3 is 2.43 bits per heavy atom. The van der Waals surface area contributed by atoms with E-state index in [9.17, 15) is 8.42 Å². The van der Waals surface area contributed by atoms with Crippen LogP contribution in [0.15, 0.2) is 22.7 Å². The van der Waals surface area contributed by atoms with E-state index >= 15 is 0 Å². The number of nitrogens with two attached hydrogens (primary N) is 1. The van der Waals surface area contributed by atoms with Crippen molar-refractivity contribution in [2.45, 2.75) is 25.7 Å². The molecule has 0 radical (unpaired) electrons. The van der Waals surface area contributed by atoms with Crippen molar-refractivity contribution in [3.05, 3.63) is 28.2 Å². The lowest BCUT2D eigenvalue weighted by Gasteiger charge is -2.22. The summed E-state index contributed by atoms with van der Waals surface area (Å²) in [7, 11) is -3.59. The maximum atomic E-state index is 12.5. The van der Waals surface area contributed by atoms with E-state index in [1.54, 1.807) is 18.2 Å². The summed E-state index contributed by atoms with van der Waals surface area (Å²) in [6.07, 6.45) is 3.92. The molecule has 1 aromatic rings. The summed E-state index contributed by atoms with van der Waals surface area (Å²) >= 11 is 8.30. The van der Waals surface area contributed by atoms with Crippen molar-refractivity contribution in [2.24, 2.45) is 5.73 Å². The Labute approximate surface area is 139 Å². The highest BCUT2D eigenvalue weighted by atomic mass is 79.9. The molecule has 3 N–H and O–H groups in total. The maximum absolute atomic E-state index is 12.5. The van der Waals surface area contributed by atoms with E-state index in [0.29, 0.717) is 24.3 Å². The van der Waals surface area contributed by atoms with Gasteiger partial charge in [-0.3, -0.25) is 4.72 Å². The van der Waals surface area contributed by atoms with Crippen LogP contribution in [0.5, 0.6) is 0 Å². The van der Waals surface area contributed by atoms with Crippen molar-refractivity contribution in [1.82, 2.24) is 4.31 Å². The fourth-order valence-corrected chi connectivity index (χ4v) is 4.16. The van der Waals surface area contributed by atoms with E-state index in [4.69, 9.17) is 18.0 Å². The standard InChI is InChI=1S/C13H18BrN3O2S2/c14-10-5-6-11(13(15)20)12(9-10)16-21(18,19)17-7-3-1-2-4-8-17/h5-6,9,16H,1-4,7-8H2,(H2,15,20). The highest BCUT2D eigenvalue weighted by molar-refractivity contribution is 9.10. The van der Waals surface area contributed by atoms with Crippen LogP contribution in [-0.4, -0.2) is 30.8 Å². The molecule has 2 rings (SSSR count). The number of anilines is 1. The van der Waals surface area contributed by atoms with Gasteiger partial charge in [-0.15, -0.1) is 0 Å². The lowest BCUT2D eigenvalue weighted by molar-refractivity contribution is 0.427. The van der Waals surface area contributed by atoms with E-state index in [2.05, 4.69) is 20.7 Å². The van der Waals surface area contributed by atoms with Gasteiger partial charge in [0.25, 0.3) is 0 Å². The number of nitrogens with zero attached hydrogens (tertiary/aromatic N) is 1. The molecule has 1 aliphatic rings. The first-order chi connectivity index (χ1) is 9.90. The summed E-state index contributed by atoms with van der Waals surface area (Å²) in [5.41, 5.74) is 6.58. The fraction of sp³-hybridized carbons (Fsp3) is 0.462. The topological polar surface area (TPSA) is 75.4 Å². The van der Waals surface area contributed by atoms with Crippen LogP contribution in [0.1, 0.15) is 31.2 Å². The number of benzene rings is 1. The van der Waals surface area contributed by atoms with Gasteiger partial charge < -0.3 is 5.73 Å². The third kappa shape index (κ3) is 4.38. The molecule has 0 bridgehead atoms. The van der Waals surface area contributed by atoms with Crippen molar-refractivity contribution in [1.29, 1.82) is 0 Å². The molecule has 0 aromatic heterocycles. The van der Waals surface area contributed by atoms with E-state index < -0.39 is 10.2 Å². The molecule has 0 amide bonds. The Bertz CT molecular complexity index is 626. The Kier molecular flexibility index (Phi) is 5.59. The Morgan fingerprint density at radius 1 is 1.24 bits per heavy atom. The molecule has 5 nitrogen and oxygen atoms in total. The minimum absolute atomic E-state index is 0.163. The van der Waals surface area contributed by atoms with Gasteiger partial charge in [0, 0.05) is 23.1 Å². The van der Waals surface area contributed by atoms with Gasteiger partial charge in [-0.05, 0) is 31.0 Å². The smallest absolute Gasteiger partial charge is 0.301 e. The van der Waals surface area contributed by atoms with Gasteiger partial charge in [0.2, 0.25) is 0 Å². The van der Waals surface area contributed by atoms with Gasteiger partial charge in [-0.1, -0.05) is 41.0 Å². The summed E-state index contributed by atoms with van der Waals surface area (Å²) in [5.74, 6) is 0. The first-order valence-electron chi connectivity index (χ1n) is 6.77. The zero-order chi connectivity index (χ0) is 15.5. The van der Waals surface area contributed by atoms with Gasteiger partial charge >= 0.3 is 10.2 Å². The van der Waals surface area contributed by atoms with Gasteiger partial charge in [0.1, 0.15) is 4.99 Å². The van der Waals surface area contributed by atoms with Crippen molar-refractivity contribution < 1.29 is 8.42 Å². The quantitative estimate of drug-likeness (QED) is 0.773. The highest BCUT2D eigenvalue weighted by Crippen LogP contribution is 2.24. The Morgan fingerprint density at radius 2 is 1.86 bits per heavy atom. The molecule has 1 fully saturated rings. The molecule has 0 unspecified atom stereocenters. The van der Waals surface area contributed by atoms with Gasteiger partial charge in [-0.2, -0.15) is 12.7 Å². The van der Waals surface area contributed by atoms with Crippen LogP contribution in [-0.2, 0) is 10.2 Å². The normalized spacial score (nSPS) is 17.2. The SMILES string of the molecule is NC(=S)c1ccc(Br)cc1NS(=O)(=O)N1CCCCCC1. The molecule has 1 aliphatic heterocycles. The summed E-state index contributed by atoms with van der Waals surface area (Å²) in [4.78, 5) is 0.163. The third-order valence-electron chi connectivity index (χ3n) is 3.39. The summed E-state index contributed by atoms with van der Waals surface area (Å²) in [5, 5.41) is 0. The van der Waals surface area contributed by atoms with Gasteiger partial charge in [0.15, 0.2) is 0 Å². The molecule has 1 aromatic carbocycles. The fourth-order valence-electron chi connectivity index (χ4n) is 2.30. The van der Waals surface area contributed by atoms with Crippen LogP contribution in [0.2, 0.25) is 0 Å². The van der Waals surface area contributed by atoms with E-state index in [1.807, 2.05) is 0 Å². The number of halogens is 1. The zero-order valence-electron chi connectivity index (χ0n) is 11.5. The van der Waals surface area contributed by atoms with Crippen molar-refractivity contribution in [2.75, 3.05) is 17.8 Å². The summed E-state index contributed by atoms with van der Waals surface area (Å²) in [6.45, 7) is 1.09. The second kappa shape index (κ2) is 7.04. The monoisotopic (exact) mass is 391 g/mol.